The zero-order valence-corrected chi connectivity index (χ0v) is 17.2. The fourth-order valence-corrected chi connectivity index (χ4v) is 3.55. The Hall–Kier alpha value is -2.44. The minimum atomic E-state index is -1.03. The molecule has 0 saturated carbocycles. The number of rotatable bonds is 14. The van der Waals surface area contributed by atoms with Gasteiger partial charge in [-0.25, -0.2) is 15.7 Å². The van der Waals surface area contributed by atoms with E-state index in [1.165, 1.54) is 30.4 Å². The molecular weight excluding hydrogens is 366 g/mol. The molecule has 158 valence electrons. The number of unbranched alkanes of at least 4 members (excludes halogenated alkanes) is 3. The van der Waals surface area contributed by atoms with Crippen molar-refractivity contribution in [2.75, 3.05) is 0 Å². The minimum absolute atomic E-state index is 0.156. The van der Waals surface area contributed by atoms with E-state index in [0.717, 1.165) is 19.3 Å². The van der Waals surface area contributed by atoms with Gasteiger partial charge >= 0.3 is 5.97 Å². The van der Waals surface area contributed by atoms with Crippen LogP contribution in [-0.4, -0.2) is 26.7 Å². The van der Waals surface area contributed by atoms with Gasteiger partial charge < -0.3 is 9.67 Å². The Bertz CT molecular complexity index is 729. The highest BCUT2D eigenvalue weighted by molar-refractivity contribution is 5.72. The number of nitrogens with two attached hydrogens (primary N) is 1. The number of benzene rings is 1. The highest BCUT2D eigenvalue weighted by Gasteiger charge is 2.19. The lowest BCUT2D eigenvalue weighted by molar-refractivity contribution is -0.151. The number of hydrogen-bond acceptors (Lipinski definition) is 4. The maximum Gasteiger partial charge on any atom is 0.334 e. The number of aromatic nitrogens is 2. The molecule has 0 spiro atoms. The molecule has 0 fully saturated rings. The van der Waals surface area contributed by atoms with Crippen LogP contribution >= 0.6 is 0 Å². The molecule has 29 heavy (non-hydrogen) atoms. The molecular formula is C23H33N3O3. The molecule has 2 aromatic rings. The maximum absolute atomic E-state index is 11.2. The normalized spacial score (nSPS) is 13.9. The zero-order chi connectivity index (χ0) is 20.9. The average Bonchev–Trinajstić information content (AvgIpc) is 3.26. The van der Waals surface area contributed by atoms with E-state index in [4.69, 9.17) is 11.0 Å². The SMILES string of the molecule is CCCCCCC(=CCCC(ON)C(=O)O)C(Cc1ccccc1)n1ccnc1. The topological polar surface area (TPSA) is 90.4 Å². The molecule has 0 aliphatic heterocycles. The largest absolute Gasteiger partial charge is 0.479 e. The zero-order valence-electron chi connectivity index (χ0n) is 17.2. The molecule has 6 heteroatoms. The molecule has 1 aromatic heterocycles. The van der Waals surface area contributed by atoms with Crippen LogP contribution in [0.1, 0.15) is 63.5 Å². The predicted octanol–water partition coefficient (Wildman–Crippen LogP) is 4.69. The molecule has 1 heterocycles. The van der Waals surface area contributed by atoms with Gasteiger partial charge in [-0.3, -0.25) is 4.84 Å². The summed E-state index contributed by atoms with van der Waals surface area (Å²) < 4.78 is 2.15. The van der Waals surface area contributed by atoms with Gasteiger partial charge in [-0.2, -0.15) is 0 Å². The fraction of sp³-hybridized carbons (Fsp3) is 0.478. The Kier molecular flexibility index (Phi) is 10.2. The highest BCUT2D eigenvalue weighted by atomic mass is 16.6. The molecule has 0 amide bonds. The standard InChI is InChI=1S/C23H33N3O3/c1-2-3-4-8-12-20(13-9-14-22(29-24)23(27)28)21(26-16-15-25-18-26)17-19-10-6-5-7-11-19/h5-7,10-11,13,15-16,18,21-22H,2-4,8-9,12,14,17,24H2,1H3,(H,27,28). The van der Waals surface area contributed by atoms with Gasteiger partial charge in [-0.1, -0.05) is 68.2 Å². The van der Waals surface area contributed by atoms with Gasteiger partial charge in [0.15, 0.2) is 6.10 Å². The van der Waals surface area contributed by atoms with Crippen molar-refractivity contribution in [2.24, 2.45) is 5.90 Å². The summed E-state index contributed by atoms with van der Waals surface area (Å²) in [7, 11) is 0. The van der Waals surface area contributed by atoms with E-state index in [2.05, 4.69) is 51.7 Å². The first-order valence-corrected chi connectivity index (χ1v) is 10.4. The summed E-state index contributed by atoms with van der Waals surface area (Å²) in [4.78, 5) is 20.0. The smallest absolute Gasteiger partial charge is 0.334 e. The van der Waals surface area contributed by atoms with Crippen LogP contribution in [0.15, 0.2) is 60.7 Å². The van der Waals surface area contributed by atoms with Crippen molar-refractivity contribution in [3.8, 4) is 0 Å². The lowest BCUT2D eigenvalue weighted by Crippen LogP contribution is -2.26. The molecule has 0 bridgehead atoms. The maximum atomic E-state index is 11.2. The number of nitrogens with zero attached hydrogens (tertiary/aromatic N) is 2. The van der Waals surface area contributed by atoms with E-state index in [0.29, 0.717) is 12.8 Å². The van der Waals surface area contributed by atoms with E-state index in [1.807, 2.05) is 18.6 Å². The highest BCUT2D eigenvalue weighted by Crippen LogP contribution is 2.28. The number of aliphatic carboxylic acids is 1. The van der Waals surface area contributed by atoms with Crippen molar-refractivity contribution in [3.63, 3.8) is 0 Å². The molecule has 0 aliphatic rings. The Morgan fingerprint density at radius 2 is 2.07 bits per heavy atom. The Balaban J connectivity index is 2.20. The van der Waals surface area contributed by atoms with Gasteiger partial charge in [0, 0.05) is 12.4 Å². The summed E-state index contributed by atoms with van der Waals surface area (Å²) in [6.45, 7) is 2.21. The first kappa shape index (κ1) is 22.8. The monoisotopic (exact) mass is 399 g/mol. The van der Waals surface area contributed by atoms with Crippen LogP contribution in [0.2, 0.25) is 0 Å². The molecule has 1 aromatic carbocycles. The van der Waals surface area contributed by atoms with Gasteiger partial charge in [0.2, 0.25) is 0 Å². The number of carbonyl (C=O) groups is 1. The third kappa shape index (κ3) is 7.83. The van der Waals surface area contributed by atoms with Crippen molar-refractivity contribution in [2.45, 2.75) is 70.4 Å². The molecule has 0 radical (unpaired) electrons. The van der Waals surface area contributed by atoms with E-state index in [-0.39, 0.29) is 6.04 Å². The van der Waals surface area contributed by atoms with E-state index in [9.17, 15) is 4.79 Å². The van der Waals surface area contributed by atoms with Crippen LogP contribution in [0, 0.1) is 0 Å². The summed E-state index contributed by atoms with van der Waals surface area (Å²) in [5.41, 5.74) is 2.57. The van der Waals surface area contributed by atoms with Crippen molar-refractivity contribution in [1.82, 2.24) is 9.55 Å². The van der Waals surface area contributed by atoms with Gasteiger partial charge in [-0.05, 0) is 37.7 Å². The minimum Gasteiger partial charge on any atom is -0.479 e. The summed E-state index contributed by atoms with van der Waals surface area (Å²) in [5.74, 6) is 4.10. The van der Waals surface area contributed by atoms with Crippen LogP contribution in [0.5, 0.6) is 0 Å². The molecule has 6 nitrogen and oxygen atoms in total. The van der Waals surface area contributed by atoms with Crippen molar-refractivity contribution in [1.29, 1.82) is 0 Å². The Labute approximate surface area is 173 Å². The van der Waals surface area contributed by atoms with Crippen LogP contribution in [0.3, 0.4) is 0 Å². The third-order valence-corrected chi connectivity index (χ3v) is 5.18. The van der Waals surface area contributed by atoms with Crippen LogP contribution in [0.25, 0.3) is 0 Å². The summed E-state index contributed by atoms with van der Waals surface area (Å²) in [5, 5.41) is 9.16. The van der Waals surface area contributed by atoms with E-state index >= 15 is 0 Å². The third-order valence-electron chi connectivity index (χ3n) is 5.18. The molecule has 3 N–H and O–H groups in total. The number of imidazole rings is 1. The van der Waals surface area contributed by atoms with Gasteiger partial charge in [0.05, 0.1) is 12.4 Å². The number of hydrogen-bond donors (Lipinski definition) is 2. The quantitative estimate of drug-likeness (QED) is 0.273. The summed E-state index contributed by atoms with van der Waals surface area (Å²) in [6.07, 6.45) is 14.4. The van der Waals surface area contributed by atoms with Crippen LogP contribution in [-0.2, 0) is 16.1 Å². The Morgan fingerprint density at radius 3 is 2.69 bits per heavy atom. The second-order valence-electron chi connectivity index (χ2n) is 7.35. The average molecular weight is 400 g/mol. The van der Waals surface area contributed by atoms with Crippen molar-refractivity contribution >= 4 is 5.97 Å². The molecule has 2 atom stereocenters. The number of allylic oxidation sites excluding steroid dienone is 2. The summed E-state index contributed by atoms with van der Waals surface area (Å²) >= 11 is 0. The molecule has 0 saturated heterocycles. The molecule has 0 aliphatic carbocycles. The first-order chi connectivity index (χ1) is 14.2. The number of carboxylic acids is 1. The van der Waals surface area contributed by atoms with E-state index < -0.39 is 12.1 Å². The van der Waals surface area contributed by atoms with Crippen molar-refractivity contribution in [3.05, 3.63) is 66.3 Å². The lowest BCUT2D eigenvalue weighted by Gasteiger charge is -2.23. The first-order valence-electron chi connectivity index (χ1n) is 10.4. The van der Waals surface area contributed by atoms with Crippen LogP contribution < -0.4 is 5.90 Å². The fourth-order valence-electron chi connectivity index (χ4n) is 3.55. The van der Waals surface area contributed by atoms with Crippen molar-refractivity contribution < 1.29 is 14.7 Å². The second-order valence-corrected chi connectivity index (χ2v) is 7.35. The predicted molar refractivity (Wildman–Crippen MR) is 114 cm³/mol. The second kappa shape index (κ2) is 12.9. The molecule has 2 rings (SSSR count). The van der Waals surface area contributed by atoms with E-state index in [1.54, 1.807) is 6.20 Å². The van der Waals surface area contributed by atoms with Gasteiger partial charge in [0.25, 0.3) is 0 Å². The lowest BCUT2D eigenvalue weighted by atomic mass is 9.93. The Morgan fingerprint density at radius 1 is 1.28 bits per heavy atom. The van der Waals surface area contributed by atoms with Crippen LogP contribution in [0.4, 0.5) is 0 Å². The van der Waals surface area contributed by atoms with Gasteiger partial charge in [0.1, 0.15) is 0 Å². The molecule has 2 unspecified atom stereocenters. The number of carboxylic acid groups (broad SMARTS) is 1. The van der Waals surface area contributed by atoms with Gasteiger partial charge in [-0.15, -0.1) is 0 Å². The summed E-state index contributed by atoms with van der Waals surface area (Å²) in [6, 6.07) is 10.6.